The summed E-state index contributed by atoms with van der Waals surface area (Å²) in [6.45, 7) is 5.54. The number of carbonyl (C=O) groups is 1. The Hall–Kier alpha value is -3.98. The molecule has 0 unspecified atom stereocenters. The first-order chi connectivity index (χ1) is 17.8. The quantitative estimate of drug-likeness (QED) is 0.270. The maximum Gasteiger partial charge on any atom is 0.453 e. The molecule has 1 heterocycles. The van der Waals surface area contributed by atoms with Crippen molar-refractivity contribution in [2.45, 2.75) is 32.4 Å². The van der Waals surface area contributed by atoms with Crippen LogP contribution in [-0.4, -0.2) is 12.5 Å². The summed E-state index contributed by atoms with van der Waals surface area (Å²) >= 11 is 5.81. The van der Waals surface area contributed by atoms with Crippen molar-refractivity contribution in [2.24, 2.45) is 0 Å². The Morgan fingerprint density at radius 2 is 1.58 bits per heavy atom. The average molecular weight is 546 g/mol. The van der Waals surface area contributed by atoms with E-state index in [2.05, 4.69) is 5.32 Å². The molecule has 6 nitrogen and oxygen atoms in total. The highest BCUT2D eigenvalue weighted by Gasteiger charge is 2.40. The van der Waals surface area contributed by atoms with Gasteiger partial charge < -0.3 is 19.2 Å². The highest BCUT2D eigenvalue weighted by Crippen LogP contribution is 2.39. The van der Waals surface area contributed by atoms with Crippen LogP contribution in [0.4, 0.5) is 18.9 Å². The van der Waals surface area contributed by atoms with Crippen molar-refractivity contribution in [3.63, 3.8) is 0 Å². The standard InChI is InChI=1S/C28H23ClF3NO5/c1-27(2,3)16-4-10-19(11-5-16)37-25-24(35)21-13-12-20(14-22(21)38-26(25)28(30,31)32)36-15-23(34)33-18-8-6-17(29)7-9-18/h4-14H,15H2,1-3H3,(H,33,34). The van der Waals surface area contributed by atoms with Crippen LogP contribution in [-0.2, 0) is 16.4 Å². The monoisotopic (exact) mass is 545 g/mol. The zero-order valence-corrected chi connectivity index (χ0v) is 21.4. The molecule has 1 amide bonds. The summed E-state index contributed by atoms with van der Waals surface area (Å²) in [4.78, 5) is 25.2. The fourth-order valence-electron chi connectivity index (χ4n) is 3.55. The number of hydrogen-bond donors (Lipinski definition) is 1. The van der Waals surface area contributed by atoms with Crippen LogP contribution in [0.3, 0.4) is 0 Å². The molecule has 0 saturated carbocycles. The summed E-state index contributed by atoms with van der Waals surface area (Å²) in [7, 11) is 0. The lowest BCUT2D eigenvalue weighted by Crippen LogP contribution is -2.20. The molecule has 0 radical (unpaired) electrons. The first-order valence-electron chi connectivity index (χ1n) is 11.5. The van der Waals surface area contributed by atoms with E-state index in [4.69, 9.17) is 25.5 Å². The summed E-state index contributed by atoms with van der Waals surface area (Å²) in [6.07, 6.45) is -5.01. The van der Waals surface area contributed by atoms with Gasteiger partial charge in [-0.05, 0) is 59.5 Å². The molecule has 38 heavy (non-hydrogen) atoms. The molecular weight excluding hydrogens is 523 g/mol. The Morgan fingerprint density at radius 3 is 2.18 bits per heavy atom. The third kappa shape index (κ3) is 6.28. The maximum atomic E-state index is 13.9. The maximum absolute atomic E-state index is 13.9. The second-order valence-electron chi connectivity index (χ2n) is 9.47. The van der Waals surface area contributed by atoms with Crippen molar-refractivity contribution in [3.05, 3.63) is 93.3 Å². The van der Waals surface area contributed by atoms with E-state index in [-0.39, 0.29) is 27.9 Å². The van der Waals surface area contributed by atoms with Gasteiger partial charge in [-0.3, -0.25) is 9.59 Å². The van der Waals surface area contributed by atoms with E-state index < -0.39 is 35.6 Å². The van der Waals surface area contributed by atoms with E-state index in [0.717, 1.165) is 11.6 Å². The number of rotatable bonds is 6. The summed E-state index contributed by atoms with van der Waals surface area (Å²) < 4.78 is 57.5. The number of benzene rings is 3. The summed E-state index contributed by atoms with van der Waals surface area (Å²) in [6, 6.07) is 16.5. The van der Waals surface area contributed by atoms with Gasteiger partial charge in [0.15, 0.2) is 6.61 Å². The van der Waals surface area contributed by atoms with Gasteiger partial charge in [0.25, 0.3) is 11.7 Å². The first-order valence-corrected chi connectivity index (χ1v) is 11.8. The molecule has 0 aliphatic heterocycles. The molecule has 4 aromatic rings. The van der Waals surface area contributed by atoms with Gasteiger partial charge in [0, 0.05) is 16.8 Å². The second-order valence-corrected chi connectivity index (χ2v) is 9.90. The number of hydrogen-bond acceptors (Lipinski definition) is 5. The Bertz CT molecular complexity index is 1520. The Morgan fingerprint density at radius 1 is 0.947 bits per heavy atom. The zero-order valence-electron chi connectivity index (χ0n) is 20.6. The van der Waals surface area contributed by atoms with Crippen LogP contribution in [0.2, 0.25) is 5.02 Å². The number of carbonyl (C=O) groups excluding carboxylic acids is 1. The number of nitrogens with one attached hydrogen (secondary N) is 1. The molecular formula is C28H23ClF3NO5. The molecule has 0 saturated heterocycles. The van der Waals surface area contributed by atoms with Gasteiger partial charge in [-0.25, -0.2) is 0 Å². The molecule has 1 N–H and O–H groups in total. The van der Waals surface area contributed by atoms with E-state index >= 15 is 0 Å². The van der Waals surface area contributed by atoms with Crippen molar-refractivity contribution < 1.29 is 31.9 Å². The minimum Gasteiger partial charge on any atom is -0.484 e. The highest BCUT2D eigenvalue weighted by molar-refractivity contribution is 6.30. The highest BCUT2D eigenvalue weighted by atomic mass is 35.5. The number of ether oxygens (including phenoxy) is 2. The summed E-state index contributed by atoms with van der Waals surface area (Å²) in [5.74, 6) is -2.96. The molecule has 0 atom stereocenters. The molecule has 198 valence electrons. The van der Waals surface area contributed by atoms with E-state index in [0.29, 0.717) is 10.7 Å². The van der Waals surface area contributed by atoms with Crippen LogP contribution < -0.4 is 20.2 Å². The smallest absolute Gasteiger partial charge is 0.453 e. The third-order valence-corrected chi connectivity index (χ3v) is 5.77. The van der Waals surface area contributed by atoms with Crippen LogP contribution in [0.1, 0.15) is 32.1 Å². The molecule has 1 aromatic heterocycles. The van der Waals surface area contributed by atoms with Crippen LogP contribution in [0.5, 0.6) is 17.2 Å². The molecule has 4 rings (SSSR count). The van der Waals surface area contributed by atoms with Crippen LogP contribution in [0.25, 0.3) is 11.0 Å². The number of anilines is 1. The predicted molar refractivity (Wildman–Crippen MR) is 138 cm³/mol. The number of alkyl halides is 3. The molecule has 0 fully saturated rings. The molecule has 3 aromatic carbocycles. The number of amides is 1. The van der Waals surface area contributed by atoms with E-state index in [1.807, 2.05) is 20.8 Å². The lowest BCUT2D eigenvalue weighted by molar-refractivity contribution is -0.154. The lowest BCUT2D eigenvalue weighted by atomic mass is 9.87. The van der Waals surface area contributed by atoms with E-state index in [1.54, 1.807) is 36.4 Å². The van der Waals surface area contributed by atoms with E-state index in [9.17, 15) is 22.8 Å². The van der Waals surface area contributed by atoms with Crippen molar-refractivity contribution in [3.8, 4) is 17.2 Å². The van der Waals surface area contributed by atoms with Gasteiger partial charge in [0.2, 0.25) is 11.2 Å². The first kappa shape index (κ1) is 27.1. The number of fused-ring (bicyclic) bond motifs is 1. The Kier molecular flexibility index (Phi) is 7.42. The van der Waals surface area contributed by atoms with Crippen molar-refractivity contribution in [1.29, 1.82) is 0 Å². The topological polar surface area (TPSA) is 77.8 Å². The lowest BCUT2D eigenvalue weighted by Gasteiger charge is -2.19. The van der Waals surface area contributed by atoms with Gasteiger partial charge in [-0.2, -0.15) is 13.2 Å². The minimum absolute atomic E-state index is 0.0338. The van der Waals surface area contributed by atoms with Gasteiger partial charge in [0.05, 0.1) is 5.39 Å². The number of halogens is 4. The van der Waals surface area contributed by atoms with Gasteiger partial charge in [-0.1, -0.05) is 44.5 Å². The van der Waals surface area contributed by atoms with Crippen LogP contribution in [0, 0.1) is 0 Å². The fourth-order valence-corrected chi connectivity index (χ4v) is 3.67. The Balaban J connectivity index is 1.59. The average Bonchev–Trinajstić information content (AvgIpc) is 2.85. The van der Waals surface area contributed by atoms with Crippen molar-refractivity contribution >= 4 is 34.2 Å². The SMILES string of the molecule is CC(C)(C)c1ccc(Oc2c(C(F)(F)F)oc3cc(OCC(=O)Nc4ccc(Cl)cc4)ccc3c2=O)cc1. The molecule has 0 aliphatic rings. The molecule has 10 heteroatoms. The van der Waals surface area contributed by atoms with Gasteiger partial charge >= 0.3 is 6.18 Å². The Labute approximate surface area is 220 Å². The van der Waals surface area contributed by atoms with Crippen LogP contribution in [0.15, 0.2) is 75.9 Å². The van der Waals surface area contributed by atoms with Crippen molar-refractivity contribution in [2.75, 3.05) is 11.9 Å². The van der Waals surface area contributed by atoms with Gasteiger partial charge in [0.1, 0.15) is 17.1 Å². The largest absolute Gasteiger partial charge is 0.484 e. The predicted octanol–water partition coefficient (Wildman–Crippen LogP) is 7.57. The normalized spacial score (nSPS) is 11.9. The summed E-state index contributed by atoms with van der Waals surface area (Å²) in [5, 5.41) is 2.96. The fraction of sp³-hybridized carbons (Fsp3) is 0.214. The molecule has 0 bridgehead atoms. The second kappa shape index (κ2) is 10.4. The molecule has 0 aliphatic carbocycles. The molecule has 0 spiro atoms. The van der Waals surface area contributed by atoms with Gasteiger partial charge in [-0.15, -0.1) is 0 Å². The van der Waals surface area contributed by atoms with Crippen molar-refractivity contribution in [1.82, 2.24) is 0 Å². The third-order valence-electron chi connectivity index (χ3n) is 5.52. The summed E-state index contributed by atoms with van der Waals surface area (Å²) in [5.41, 5.74) is -0.101. The van der Waals surface area contributed by atoms with Crippen LogP contribution >= 0.6 is 11.6 Å². The zero-order chi connectivity index (χ0) is 27.7. The van der Waals surface area contributed by atoms with E-state index in [1.165, 1.54) is 24.3 Å². The minimum atomic E-state index is -5.01.